The first-order chi connectivity index (χ1) is 7.00. The molecular weight excluding hydrogens is 196 g/mol. The first-order valence-electron chi connectivity index (χ1n) is 6.04. The summed E-state index contributed by atoms with van der Waals surface area (Å²) >= 11 is 0. The molecule has 90 valence electrons. The van der Waals surface area contributed by atoms with E-state index in [-0.39, 0.29) is 0 Å². The second-order valence-electron chi connectivity index (χ2n) is 5.26. The van der Waals surface area contributed by atoms with Gasteiger partial charge in [-0.2, -0.15) is 0 Å². The molecule has 0 amide bonds. The summed E-state index contributed by atoms with van der Waals surface area (Å²) in [6, 6.07) is -0.911. The van der Waals surface area contributed by atoms with Crippen molar-refractivity contribution >= 4 is 0 Å². The highest BCUT2D eigenvalue weighted by atomic mass is 19.3. The summed E-state index contributed by atoms with van der Waals surface area (Å²) in [4.78, 5) is 0. The van der Waals surface area contributed by atoms with Gasteiger partial charge in [0.2, 0.25) is 0 Å². The Kier molecular flexibility index (Phi) is 4.97. The molecule has 1 unspecified atom stereocenters. The van der Waals surface area contributed by atoms with Crippen molar-refractivity contribution in [2.45, 2.75) is 58.4 Å². The van der Waals surface area contributed by atoms with Gasteiger partial charge < -0.3 is 5.73 Å². The van der Waals surface area contributed by atoms with E-state index in [0.29, 0.717) is 12.3 Å². The van der Waals surface area contributed by atoms with Crippen LogP contribution in [0, 0.1) is 17.8 Å². The number of nitrogens with two attached hydrogens (primary N) is 1. The van der Waals surface area contributed by atoms with E-state index in [2.05, 4.69) is 13.8 Å². The standard InChI is InChI=1S/C12H23F2N/c1-8(2)10-5-3-9(4-6-10)7-11(15)12(13)14/h8-12H,3-7,15H2,1-2H3. The summed E-state index contributed by atoms with van der Waals surface area (Å²) in [5.41, 5.74) is 5.39. The lowest BCUT2D eigenvalue weighted by Crippen LogP contribution is -2.32. The zero-order chi connectivity index (χ0) is 11.4. The van der Waals surface area contributed by atoms with Gasteiger partial charge in [0.05, 0.1) is 6.04 Å². The highest BCUT2D eigenvalue weighted by molar-refractivity contribution is 4.78. The minimum Gasteiger partial charge on any atom is -0.323 e. The molecule has 1 aliphatic carbocycles. The van der Waals surface area contributed by atoms with E-state index in [9.17, 15) is 8.78 Å². The normalized spacial score (nSPS) is 29.8. The first-order valence-corrected chi connectivity index (χ1v) is 6.04. The van der Waals surface area contributed by atoms with Gasteiger partial charge in [-0.25, -0.2) is 8.78 Å². The van der Waals surface area contributed by atoms with Crippen molar-refractivity contribution < 1.29 is 8.78 Å². The lowest BCUT2D eigenvalue weighted by Gasteiger charge is -2.31. The zero-order valence-electron chi connectivity index (χ0n) is 9.76. The number of rotatable bonds is 4. The van der Waals surface area contributed by atoms with Crippen molar-refractivity contribution in [3.05, 3.63) is 0 Å². The molecule has 1 nitrogen and oxygen atoms in total. The summed E-state index contributed by atoms with van der Waals surface area (Å²) in [7, 11) is 0. The van der Waals surface area contributed by atoms with Crippen LogP contribution in [-0.4, -0.2) is 12.5 Å². The van der Waals surface area contributed by atoms with E-state index in [1.165, 1.54) is 12.8 Å². The third kappa shape index (κ3) is 4.06. The minimum absolute atomic E-state index is 0.434. The van der Waals surface area contributed by atoms with Crippen LogP contribution in [0.1, 0.15) is 46.0 Å². The second-order valence-corrected chi connectivity index (χ2v) is 5.26. The quantitative estimate of drug-likeness (QED) is 0.770. The Hall–Kier alpha value is -0.180. The maximum atomic E-state index is 12.3. The van der Waals surface area contributed by atoms with Gasteiger partial charge in [0.25, 0.3) is 6.43 Å². The highest BCUT2D eigenvalue weighted by Gasteiger charge is 2.26. The van der Waals surface area contributed by atoms with E-state index in [0.717, 1.165) is 24.7 Å². The van der Waals surface area contributed by atoms with Crippen LogP contribution in [0.15, 0.2) is 0 Å². The van der Waals surface area contributed by atoms with Crippen LogP contribution in [0.2, 0.25) is 0 Å². The number of halogens is 2. The maximum absolute atomic E-state index is 12.3. The third-order valence-electron chi connectivity index (χ3n) is 3.76. The molecule has 0 bridgehead atoms. The first kappa shape index (κ1) is 12.9. The van der Waals surface area contributed by atoms with Gasteiger partial charge in [0.15, 0.2) is 0 Å². The monoisotopic (exact) mass is 219 g/mol. The third-order valence-corrected chi connectivity index (χ3v) is 3.76. The van der Waals surface area contributed by atoms with E-state index in [4.69, 9.17) is 5.73 Å². The second kappa shape index (κ2) is 5.78. The molecule has 0 heterocycles. The fraction of sp³-hybridized carbons (Fsp3) is 1.00. The van der Waals surface area contributed by atoms with Crippen molar-refractivity contribution in [1.29, 1.82) is 0 Å². The molecule has 3 heteroatoms. The predicted molar refractivity (Wildman–Crippen MR) is 58.9 cm³/mol. The Morgan fingerprint density at radius 2 is 1.67 bits per heavy atom. The average Bonchev–Trinajstić information content (AvgIpc) is 2.18. The van der Waals surface area contributed by atoms with Crippen LogP contribution in [0.3, 0.4) is 0 Å². The molecule has 1 atom stereocenters. The molecule has 15 heavy (non-hydrogen) atoms. The Labute approximate surface area is 91.4 Å². The highest BCUT2D eigenvalue weighted by Crippen LogP contribution is 2.35. The number of alkyl halides is 2. The van der Waals surface area contributed by atoms with Crippen molar-refractivity contribution in [3.63, 3.8) is 0 Å². The molecule has 0 aromatic heterocycles. The van der Waals surface area contributed by atoms with Crippen LogP contribution in [-0.2, 0) is 0 Å². The summed E-state index contributed by atoms with van der Waals surface area (Å²) in [5.74, 6) is 1.96. The summed E-state index contributed by atoms with van der Waals surface area (Å²) < 4.78 is 24.5. The van der Waals surface area contributed by atoms with E-state index < -0.39 is 12.5 Å². The summed E-state index contributed by atoms with van der Waals surface area (Å²) in [6.07, 6.45) is 2.71. The molecule has 0 aromatic rings. The van der Waals surface area contributed by atoms with E-state index in [1.807, 2.05) is 0 Å². The molecule has 0 aromatic carbocycles. The van der Waals surface area contributed by atoms with Crippen molar-refractivity contribution in [1.82, 2.24) is 0 Å². The molecular formula is C12H23F2N. The van der Waals surface area contributed by atoms with Gasteiger partial charge in [-0.3, -0.25) is 0 Å². The molecule has 2 N–H and O–H groups in total. The van der Waals surface area contributed by atoms with Crippen LogP contribution >= 0.6 is 0 Å². The number of hydrogen-bond donors (Lipinski definition) is 1. The smallest absolute Gasteiger partial charge is 0.253 e. The van der Waals surface area contributed by atoms with Gasteiger partial charge >= 0.3 is 0 Å². The Morgan fingerprint density at radius 3 is 2.07 bits per heavy atom. The van der Waals surface area contributed by atoms with Gasteiger partial charge in [0.1, 0.15) is 0 Å². The molecule has 1 rings (SSSR count). The molecule has 1 fully saturated rings. The van der Waals surface area contributed by atoms with Crippen LogP contribution < -0.4 is 5.73 Å². The number of hydrogen-bond acceptors (Lipinski definition) is 1. The maximum Gasteiger partial charge on any atom is 0.253 e. The lowest BCUT2D eigenvalue weighted by molar-refractivity contribution is 0.0947. The van der Waals surface area contributed by atoms with Gasteiger partial charge in [-0.05, 0) is 37.0 Å². The van der Waals surface area contributed by atoms with Crippen LogP contribution in [0.4, 0.5) is 8.78 Å². The minimum atomic E-state index is -2.35. The zero-order valence-corrected chi connectivity index (χ0v) is 9.76. The van der Waals surface area contributed by atoms with Gasteiger partial charge in [0, 0.05) is 0 Å². The molecule has 0 radical (unpaired) electrons. The van der Waals surface area contributed by atoms with Crippen molar-refractivity contribution in [2.75, 3.05) is 0 Å². The van der Waals surface area contributed by atoms with Crippen LogP contribution in [0.25, 0.3) is 0 Å². The predicted octanol–water partition coefficient (Wildman–Crippen LogP) is 3.43. The summed E-state index contributed by atoms with van der Waals surface area (Å²) in [6.45, 7) is 4.49. The Balaban J connectivity index is 2.25. The van der Waals surface area contributed by atoms with Gasteiger partial charge in [-0.15, -0.1) is 0 Å². The van der Waals surface area contributed by atoms with Crippen molar-refractivity contribution in [2.24, 2.45) is 23.5 Å². The molecule has 0 spiro atoms. The topological polar surface area (TPSA) is 26.0 Å². The average molecular weight is 219 g/mol. The fourth-order valence-electron chi connectivity index (χ4n) is 2.58. The Bertz CT molecular complexity index is 174. The molecule has 1 saturated carbocycles. The molecule has 1 aliphatic rings. The van der Waals surface area contributed by atoms with E-state index in [1.54, 1.807) is 0 Å². The summed E-state index contributed by atoms with van der Waals surface area (Å²) in [5, 5.41) is 0. The van der Waals surface area contributed by atoms with Gasteiger partial charge in [-0.1, -0.05) is 26.7 Å². The van der Waals surface area contributed by atoms with Crippen molar-refractivity contribution in [3.8, 4) is 0 Å². The Morgan fingerprint density at radius 1 is 1.13 bits per heavy atom. The SMILES string of the molecule is CC(C)C1CCC(CC(N)C(F)F)CC1. The fourth-order valence-corrected chi connectivity index (χ4v) is 2.58. The lowest BCUT2D eigenvalue weighted by atomic mass is 9.75. The molecule has 0 aliphatic heterocycles. The molecule has 0 saturated heterocycles. The largest absolute Gasteiger partial charge is 0.323 e. The van der Waals surface area contributed by atoms with E-state index >= 15 is 0 Å². The van der Waals surface area contributed by atoms with Crippen LogP contribution in [0.5, 0.6) is 0 Å².